The second-order valence-corrected chi connectivity index (χ2v) is 2.63. The van der Waals surface area contributed by atoms with E-state index in [1.54, 1.807) is 13.8 Å². The van der Waals surface area contributed by atoms with E-state index in [2.05, 4.69) is 4.98 Å². The Labute approximate surface area is 70.0 Å². The molecule has 64 valence electrons. The quantitative estimate of drug-likeness (QED) is 0.652. The Bertz CT molecular complexity index is 334. The van der Waals surface area contributed by atoms with E-state index in [4.69, 9.17) is 10.8 Å². The lowest BCUT2D eigenvalue weighted by Crippen LogP contribution is -2.05. The average Bonchev–Trinajstić information content (AvgIpc) is 1.96. The van der Waals surface area contributed by atoms with E-state index in [-0.39, 0.29) is 5.56 Å². The van der Waals surface area contributed by atoms with Crippen LogP contribution in [-0.2, 0) is 0 Å². The van der Waals surface area contributed by atoms with Crippen molar-refractivity contribution in [3.05, 3.63) is 22.9 Å². The van der Waals surface area contributed by atoms with Gasteiger partial charge in [-0.25, -0.2) is 9.78 Å². The molecule has 1 heterocycles. The topological polar surface area (TPSA) is 76.2 Å². The molecule has 0 spiro atoms. The number of hydrogen-bond donors (Lipinski definition) is 2. The lowest BCUT2D eigenvalue weighted by atomic mass is 10.1. The Morgan fingerprint density at radius 1 is 1.58 bits per heavy atom. The van der Waals surface area contributed by atoms with Crippen molar-refractivity contribution in [1.29, 1.82) is 0 Å². The number of nitrogens with zero attached hydrogens (tertiary/aromatic N) is 1. The first-order chi connectivity index (χ1) is 5.52. The fraction of sp³-hybridized carbons (Fsp3) is 0.250. The van der Waals surface area contributed by atoms with Crippen LogP contribution < -0.4 is 5.73 Å². The van der Waals surface area contributed by atoms with Gasteiger partial charge in [0, 0.05) is 0 Å². The van der Waals surface area contributed by atoms with Crippen LogP contribution in [0.4, 0.5) is 5.82 Å². The van der Waals surface area contributed by atoms with Crippen LogP contribution in [-0.4, -0.2) is 16.1 Å². The third kappa shape index (κ3) is 1.37. The number of nitrogen functional groups attached to an aromatic ring is 1. The fourth-order valence-electron chi connectivity index (χ4n) is 0.940. The maximum absolute atomic E-state index is 10.6. The van der Waals surface area contributed by atoms with Crippen molar-refractivity contribution >= 4 is 11.8 Å². The molecule has 0 aliphatic carbocycles. The van der Waals surface area contributed by atoms with Crippen molar-refractivity contribution in [3.63, 3.8) is 0 Å². The molecule has 0 saturated heterocycles. The van der Waals surface area contributed by atoms with Gasteiger partial charge in [0.15, 0.2) is 0 Å². The van der Waals surface area contributed by atoms with Gasteiger partial charge in [-0.1, -0.05) is 0 Å². The van der Waals surface area contributed by atoms with Crippen LogP contribution in [0.5, 0.6) is 0 Å². The van der Waals surface area contributed by atoms with Gasteiger partial charge >= 0.3 is 5.97 Å². The molecule has 0 unspecified atom stereocenters. The number of carboxylic acid groups (broad SMARTS) is 1. The van der Waals surface area contributed by atoms with E-state index >= 15 is 0 Å². The van der Waals surface area contributed by atoms with Gasteiger partial charge in [-0.05, 0) is 25.5 Å². The lowest BCUT2D eigenvalue weighted by Gasteiger charge is -2.03. The molecule has 0 aliphatic rings. The molecule has 4 nitrogen and oxygen atoms in total. The number of aromatic nitrogens is 1. The molecule has 0 amide bonds. The molecule has 1 rings (SSSR count). The van der Waals surface area contributed by atoms with Crippen LogP contribution in [0.2, 0.25) is 0 Å². The molecule has 4 heteroatoms. The Morgan fingerprint density at radius 3 is 2.67 bits per heavy atom. The molecule has 0 aliphatic heterocycles. The first-order valence-electron chi connectivity index (χ1n) is 3.49. The van der Waals surface area contributed by atoms with Crippen LogP contribution >= 0.6 is 0 Å². The molecular formula is C8H10N2O2. The van der Waals surface area contributed by atoms with E-state index in [0.717, 1.165) is 0 Å². The minimum Gasteiger partial charge on any atom is -0.478 e. The predicted octanol–water partition coefficient (Wildman–Crippen LogP) is 0.979. The molecule has 1 aromatic rings. The molecule has 0 aromatic carbocycles. The van der Waals surface area contributed by atoms with E-state index in [0.29, 0.717) is 17.1 Å². The Kier molecular flexibility index (Phi) is 1.99. The summed E-state index contributed by atoms with van der Waals surface area (Å²) in [5.74, 6) is -0.583. The summed E-state index contributed by atoms with van der Waals surface area (Å²) in [6.45, 7) is 3.35. The molecule has 0 saturated carbocycles. The summed E-state index contributed by atoms with van der Waals surface area (Å²) in [6.07, 6.45) is 0. The summed E-state index contributed by atoms with van der Waals surface area (Å²) in [6, 6.07) is 1.53. The molecule has 0 radical (unpaired) electrons. The first-order valence-corrected chi connectivity index (χ1v) is 3.49. The maximum Gasteiger partial charge on any atom is 0.337 e. The Balaban J connectivity index is 3.33. The van der Waals surface area contributed by atoms with E-state index in [1.165, 1.54) is 6.07 Å². The normalized spacial score (nSPS) is 9.83. The van der Waals surface area contributed by atoms with Gasteiger partial charge in [0.2, 0.25) is 0 Å². The van der Waals surface area contributed by atoms with E-state index in [1.807, 2.05) is 0 Å². The smallest absolute Gasteiger partial charge is 0.337 e. The van der Waals surface area contributed by atoms with Crippen molar-refractivity contribution in [1.82, 2.24) is 4.98 Å². The van der Waals surface area contributed by atoms with Gasteiger partial charge in [0.25, 0.3) is 0 Å². The molecule has 0 bridgehead atoms. The van der Waals surface area contributed by atoms with Gasteiger partial charge in [-0.15, -0.1) is 0 Å². The van der Waals surface area contributed by atoms with Crippen molar-refractivity contribution in [2.24, 2.45) is 0 Å². The maximum atomic E-state index is 10.6. The minimum absolute atomic E-state index is 0.210. The van der Waals surface area contributed by atoms with Crippen molar-refractivity contribution in [2.45, 2.75) is 13.8 Å². The highest BCUT2D eigenvalue weighted by Gasteiger charge is 2.09. The number of aryl methyl sites for hydroxylation is 2. The third-order valence-corrected chi connectivity index (χ3v) is 1.67. The summed E-state index contributed by atoms with van der Waals surface area (Å²) in [7, 11) is 0. The van der Waals surface area contributed by atoms with Crippen LogP contribution in [0.25, 0.3) is 0 Å². The number of carboxylic acids is 1. The summed E-state index contributed by atoms with van der Waals surface area (Å²) in [4.78, 5) is 14.5. The van der Waals surface area contributed by atoms with Gasteiger partial charge in [-0.2, -0.15) is 0 Å². The average molecular weight is 166 g/mol. The van der Waals surface area contributed by atoms with E-state index in [9.17, 15) is 4.79 Å². The first kappa shape index (κ1) is 8.52. The summed E-state index contributed by atoms with van der Waals surface area (Å²) in [5, 5.41) is 8.70. The number of hydrogen-bond acceptors (Lipinski definition) is 3. The minimum atomic E-state index is -0.969. The second kappa shape index (κ2) is 2.81. The van der Waals surface area contributed by atoms with E-state index < -0.39 is 5.97 Å². The summed E-state index contributed by atoms with van der Waals surface area (Å²) >= 11 is 0. The molecule has 1 aromatic heterocycles. The number of rotatable bonds is 1. The number of anilines is 1. The molecule has 12 heavy (non-hydrogen) atoms. The van der Waals surface area contributed by atoms with Crippen LogP contribution in [0, 0.1) is 13.8 Å². The Hall–Kier alpha value is -1.58. The summed E-state index contributed by atoms with van der Waals surface area (Å²) in [5.41, 5.74) is 6.84. The molecule has 3 N–H and O–H groups in total. The van der Waals surface area contributed by atoms with Gasteiger partial charge in [-0.3, -0.25) is 0 Å². The van der Waals surface area contributed by atoms with Crippen molar-refractivity contribution < 1.29 is 9.90 Å². The molecular weight excluding hydrogens is 156 g/mol. The van der Waals surface area contributed by atoms with Crippen molar-refractivity contribution in [2.75, 3.05) is 5.73 Å². The number of pyridine rings is 1. The molecule has 0 fully saturated rings. The fourth-order valence-corrected chi connectivity index (χ4v) is 0.940. The standard InChI is InChI=1S/C8H10N2O2/c1-4-3-6(8(11)12)5(2)10-7(4)9/h3H,1-2H3,(H2,9,10)(H,11,12). The van der Waals surface area contributed by atoms with Crippen LogP contribution in [0.15, 0.2) is 6.07 Å². The third-order valence-electron chi connectivity index (χ3n) is 1.67. The molecule has 0 atom stereocenters. The highest BCUT2D eigenvalue weighted by molar-refractivity contribution is 5.89. The zero-order valence-corrected chi connectivity index (χ0v) is 6.96. The van der Waals surface area contributed by atoms with Crippen LogP contribution in [0.1, 0.15) is 21.6 Å². The Morgan fingerprint density at radius 2 is 2.17 bits per heavy atom. The van der Waals surface area contributed by atoms with Crippen LogP contribution in [0.3, 0.4) is 0 Å². The van der Waals surface area contributed by atoms with Crippen molar-refractivity contribution in [3.8, 4) is 0 Å². The number of nitrogens with two attached hydrogens (primary N) is 1. The SMILES string of the molecule is Cc1cc(C(=O)O)c(C)nc1N. The number of aromatic carboxylic acids is 1. The van der Waals surface area contributed by atoms with Gasteiger partial charge in [0.05, 0.1) is 11.3 Å². The van der Waals surface area contributed by atoms with Gasteiger partial charge in [0.1, 0.15) is 5.82 Å². The zero-order valence-electron chi connectivity index (χ0n) is 6.96. The largest absolute Gasteiger partial charge is 0.478 e. The number of carbonyl (C=O) groups is 1. The monoisotopic (exact) mass is 166 g/mol. The highest BCUT2D eigenvalue weighted by atomic mass is 16.4. The lowest BCUT2D eigenvalue weighted by molar-refractivity contribution is 0.0695. The summed E-state index contributed by atoms with van der Waals surface area (Å²) < 4.78 is 0. The second-order valence-electron chi connectivity index (χ2n) is 2.63. The zero-order chi connectivity index (χ0) is 9.30. The van der Waals surface area contributed by atoms with Gasteiger partial charge < -0.3 is 10.8 Å². The highest BCUT2D eigenvalue weighted by Crippen LogP contribution is 2.13. The predicted molar refractivity (Wildman–Crippen MR) is 45.1 cm³/mol.